The summed E-state index contributed by atoms with van der Waals surface area (Å²) in [6.45, 7) is 3.66. The highest BCUT2D eigenvalue weighted by Gasteiger charge is 2.12. The summed E-state index contributed by atoms with van der Waals surface area (Å²) in [5, 5.41) is 1.98. The molecule has 2 rings (SSSR count). The maximum atomic E-state index is 5.52. The van der Waals surface area contributed by atoms with Gasteiger partial charge in [-0.2, -0.15) is 0 Å². The van der Waals surface area contributed by atoms with Crippen molar-refractivity contribution < 1.29 is 0 Å². The van der Waals surface area contributed by atoms with Crippen molar-refractivity contribution in [2.45, 2.75) is 0 Å². The van der Waals surface area contributed by atoms with E-state index in [2.05, 4.69) is 16.6 Å². The zero-order valence-electron chi connectivity index (χ0n) is 6.32. The zero-order chi connectivity index (χ0) is 8.55. The fourth-order valence-corrected chi connectivity index (χ4v) is 1.56. The van der Waals surface area contributed by atoms with E-state index in [1.54, 1.807) is 11.3 Å². The first-order chi connectivity index (χ1) is 5.77. The summed E-state index contributed by atoms with van der Waals surface area (Å²) in [6.07, 6.45) is 0. The topological polar surface area (TPSA) is 50.7 Å². The lowest BCUT2D eigenvalue weighted by atomic mass is 10.4. The first-order valence-corrected chi connectivity index (χ1v) is 4.31. The van der Waals surface area contributed by atoms with Crippen molar-refractivity contribution in [3.63, 3.8) is 0 Å². The van der Waals surface area contributed by atoms with Gasteiger partial charge >= 0.3 is 0 Å². The standard InChI is InChI=1S/C8H7N3S/c1-5-7(9)11-8(10-5)6-3-2-4-12-6/h2-4H,1H2,(H2,9,10,11). The van der Waals surface area contributed by atoms with Crippen molar-refractivity contribution >= 4 is 23.0 Å². The molecular formula is C8H7N3S. The van der Waals surface area contributed by atoms with Crippen LogP contribution < -0.4 is 5.73 Å². The molecule has 0 fully saturated rings. The van der Waals surface area contributed by atoms with E-state index >= 15 is 0 Å². The van der Waals surface area contributed by atoms with Gasteiger partial charge in [0.1, 0.15) is 5.70 Å². The van der Waals surface area contributed by atoms with E-state index in [0.717, 1.165) is 4.88 Å². The molecule has 0 atom stereocenters. The van der Waals surface area contributed by atoms with Gasteiger partial charge in [-0.15, -0.1) is 11.3 Å². The second-order valence-electron chi connectivity index (χ2n) is 2.36. The summed E-state index contributed by atoms with van der Waals surface area (Å²) in [4.78, 5) is 9.21. The van der Waals surface area contributed by atoms with Crippen LogP contribution in [0.15, 0.2) is 39.8 Å². The van der Waals surface area contributed by atoms with Crippen LogP contribution in [0.25, 0.3) is 0 Å². The second kappa shape index (κ2) is 2.57. The number of nitrogens with zero attached hydrogens (tertiary/aromatic N) is 2. The minimum Gasteiger partial charge on any atom is -0.382 e. The molecule has 4 heteroatoms. The van der Waals surface area contributed by atoms with Crippen molar-refractivity contribution in [3.05, 3.63) is 34.7 Å². The molecule has 0 amide bonds. The van der Waals surface area contributed by atoms with Gasteiger partial charge in [-0.25, -0.2) is 9.98 Å². The number of amidine groups is 2. The number of hydrogen-bond acceptors (Lipinski definition) is 4. The summed E-state index contributed by atoms with van der Waals surface area (Å²) in [5.41, 5.74) is 6.07. The van der Waals surface area contributed by atoms with Gasteiger partial charge in [-0.05, 0) is 11.4 Å². The largest absolute Gasteiger partial charge is 0.382 e. The molecule has 0 spiro atoms. The summed E-state index contributed by atoms with van der Waals surface area (Å²) >= 11 is 1.59. The Kier molecular flexibility index (Phi) is 1.55. The van der Waals surface area contributed by atoms with Crippen LogP contribution in [0.3, 0.4) is 0 Å². The lowest BCUT2D eigenvalue weighted by Gasteiger charge is -1.86. The molecule has 0 aliphatic carbocycles. The van der Waals surface area contributed by atoms with Crippen LogP contribution in [0.1, 0.15) is 4.88 Å². The van der Waals surface area contributed by atoms with E-state index in [1.807, 2.05) is 17.5 Å². The van der Waals surface area contributed by atoms with Gasteiger partial charge in [0, 0.05) is 0 Å². The Balaban J connectivity index is 2.41. The maximum Gasteiger partial charge on any atom is 0.172 e. The summed E-state index contributed by atoms with van der Waals surface area (Å²) in [7, 11) is 0. The smallest absolute Gasteiger partial charge is 0.172 e. The third-order valence-electron chi connectivity index (χ3n) is 1.50. The molecule has 1 aliphatic rings. The van der Waals surface area contributed by atoms with E-state index < -0.39 is 0 Å². The molecule has 0 unspecified atom stereocenters. The average molecular weight is 177 g/mol. The molecule has 0 bridgehead atoms. The molecular weight excluding hydrogens is 170 g/mol. The SMILES string of the molecule is C=C1N=C(c2cccs2)N=C1N. The molecule has 2 heterocycles. The number of rotatable bonds is 1. The monoisotopic (exact) mass is 177 g/mol. The number of hydrogen-bond donors (Lipinski definition) is 1. The third-order valence-corrected chi connectivity index (χ3v) is 2.37. The Morgan fingerprint density at radius 1 is 1.42 bits per heavy atom. The van der Waals surface area contributed by atoms with Crippen molar-refractivity contribution in [2.75, 3.05) is 0 Å². The molecule has 12 heavy (non-hydrogen) atoms. The van der Waals surface area contributed by atoms with Gasteiger partial charge in [0.15, 0.2) is 11.7 Å². The lowest BCUT2D eigenvalue weighted by Crippen LogP contribution is -2.09. The van der Waals surface area contributed by atoms with Crippen LogP contribution in [0, 0.1) is 0 Å². The Morgan fingerprint density at radius 3 is 2.75 bits per heavy atom. The molecule has 1 aromatic heterocycles. The highest BCUT2D eigenvalue weighted by atomic mass is 32.1. The van der Waals surface area contributed by atoms with Crippen LogP contribution in [0.5, 0.6) is 0 Å². The van der Waals surface area contributed by atoms with Crippen LogP contribution in [0.2, 0.25) is 0 Å². The van der Waals surface area contributed by atoms with E-state index in [0.29, 0.717) is 17.4 Å². The Morgan fingerprint density at radius 2 is 2.25 bits per heavy atom. The molecule has 0 aromatic carbocycles. The van der Waals surface area contributed by atoms with E-state index in [-0.39, 0.29) is 0 Å². The first kappa shape index (κ1) is 7.24. The molecule has 2 N–H and O–H groups in total. The van der Waals surface area contributed by atoms with Gasteiger partial charge in [0.25, 0.3) is 0 Å². The fraction of sp³-hybridized carbons (Fsp3) is 0. The van der Waals surface area contributed by atoms with Crippen molar-refractivity contribution in [3.8, 4) is 0 Å². The van der Waals surface area contributed by atoms with Crippen LogP contribution >= 0.6 is 11.3 Å². The van der Waals surface area contributed by atoms with E-state index in [1.165, 1.54) is 0 Å². The van der Waals surface area contributed by atoms with Crippen molar-refractivity contribution in [1.29, 1.82) is 0 Å². The van der Waals surface area contributed by atoms with Crippen molar-refractivity contribution in [1.82, 2.24) is 0 Å². The van der Waals surface area contributed by atoms with E-state index in [4.69, 9.17) is 5.73 Å². The molecule has 60 valence electrons. The minimum absolute atomic E-state index is 0.415. The summed E-state index contributed by atoms with van der Waals surface area (Å²) in [5.74, 6) is 1.09. The van der Waals surface area contributed by atoms with Crippen molar-refractivity contribution in [2.24, 2.45) is 15.7 Å². The summed E-state index contributed by atoms with van der Waals surface area (Å²) in [6, 6.07) is 3.91. The first-order valence-electron chi connectivity index (χ1n) is 3.43. The second-order valence-corrected chi connectivity index (χ2v) is 3.30. The number of thiophene rings is 1. The highest BCUT2D eigenvalue weighted by Crippen LogP contribution is 2.16. The molecule has 1 aliphatic heterocycles. The predicted molar refractivity (Wildman–Crippen MR) is 51.6 cm³/mol. The number of nitrogens with two attached hydrogens (primary N) is 1. The lowest BCUT2D eigenvalue weighted by molar-refractivity contribution is 1.49. The molecule has 0 saturated carbocycles. The Bertz CT molecular complexity index is 373. The fourth-order valence-electron chi connectivity index (χ4n) is 0.905. The van der Waals surface area contributed by atoms with E-state index in [9.17, 15) is 0 Å². The minimum atomic E-state index is 0.415. The zero-order valence-corrected chi connectivity index (χ0v) is 7.14. The van der Waals surface area contributed by atoms with Crippen LogP contribution in [0.4, 0.5) is 0 Å². The van der Waals surface area contributed by atoms with Gasteiger partial charge in [0.2, 0.25) is 0 Å². The van der Waals surface area contributed by atoms with Gasteiger partial charge in [0.05, 0.1) is 4.88 Å². The molecule has 1 aromatic rings. The van der Waals surface area contributed by atoms with Gasteiger partial charge in [-0.3, -0.25) is 0 Å². The van der Waals surface area contributed by atoms with Gasteiger partial charge < -0.3 is 5.73 Å². The molecule has 3 nitrogen and oxygen atoms in total. The maximum absolute atomic E-state index is 5.52. The molecule has 0 saturated heterocycles. The summed E-state index contributed by atoms with van der Waals surface area (Å²) < 4.78 is 0. The Labute approximate surface area is 74.0 Å². The van der Waals surface area contributed by atoms with Gasteiger partial charge in [-0.1, -0.05) is 12.6 Å². The molecule has 0 radical (unpaired) electrons. The Hall–Kier alpha value is -1.42. The highest BCUT2D eigenvalue weighted by molar-refractivity contribution is 7.12. The van der Waals surface area contributed by atoms with Crippen LogP contribution in [-0.2, 0) is 0 Å². The predicted octanol–water partition coefficient (Wildman–Crippen LogP) is 1.38. The third kappa shape index (κ3) is 1.06. The average Bonchev–Trinajstić information content (AvgIpc) is 2.61. The normalized spacial score (nSPS) is 16.2. The number of aliphatic imine (C=N–C) groups is 2. The quantitative estimate of drug-likeness (QED) is 0.692. The van der Waals surface area contributed by atoms with Crippen LogP contribution in [-0.4, -0.2) is 11.7 Å².